The van der Waals surface area contributed by atoms with Crippen molar-refractivity contribution in [3.05, 3.63) is 59.1 Å². The third kappa shape index (κ3) is 3.45. The highest BCUT2D eigenvalue weighted by Gasteiger charge is 2.29. The quantitative estimate of drug-likeness (QED) is 0.771. The number of nitrogens with zero attached hydrogens (tertiary/aromatic N) is 4. The molecule has 0 aliphatic carbocycles. The van der Waals surface area contributed by atoms with Gasteiger partial charge in [-0.3, -0.25) is 4.68 Å². The molecule has 0 spiro atoms. The van der Waals surface area contributed by atoms with Gasteiger partial charge in [-0.25, -0.2) is 9.78 Å². The lowest BCUT2D eigenvalue weighted by molar-refractivity contribution is 0.192. The molecule has 0 radical (unpaired) electrons. The van der Waals surface area contributed by atoms with Crippen molar-refractivity contribution in [2.24, 2.45) is 0 Å². The van der Waals surface area contributed by atoms with Crippen LogP contribution in [0.3, 0.4) is 0 Å². The van der Waals surface area contributed by atoms with Gasteiger partial charge in [0.1, 0.15) is 5.76 Å². The van der Waals surface area contributed by atoms with Crippen molar-refractivity contribution in [3.8, 4) is 11.6 Å². The van der Waals surface area contributed by atoms with Crippen LogP contribution < -0.4 is 5.32 Å². The Hall–Kier alpha value is -3.09. The van der Waals surface area contributed by atoms with E-state index in [0.29, 0.717) is 32.1 Å². The zero-order valence-electron chi connectivity index (χ0n) is 15.6. The summed E-state index contributed by atoms with van der Waals surface area (Å²) in [5.74, 6) is 1.25. The topological polar surface area (TPSA) is 76.2 Å². The molecule has 3 heterocycles. The average molecular weight is 365 g/mol. The highest BCUT2D eigenvalue weighted by atomic mass is 16.4. The van der Waals surface area contributed by atoms with Crippen LogP contribution >= 0.6 is 0 Å². The fraction of sp³-hybridized carbons (Fsp3) is 0.350. The Bertz CT molecular complexity index is 945. The Morgan fingerprint density at radius 1 is 1.30 bits per heavy atom. The van der Waals surface area contributed by atoms with Crippen molar-refractivity contribution in [3.63, 3.8) is 0 Å². The molecular formula is C20H23N5O2. The molecule has 0 atom stereocenters. The summed E-state index contributed by atoms with van der Waals surface area (Å²) in [5.41, 5.74) is 4.07. The van der Waals surface area contributed by atoms with E-state index in [0.717, 1.165) is 29.1 Å². The molecule has 140 valence electrons. The fourth-order valence-corrected chi connectivity index (χ4v) is 3.45. The van der Waals surface area contributed by atoms with E-state index in [1.807, 2.05) is 41.6 Å². The van der Waals surface area contributed by atoms with E-state index in [1.165, 1.54) is 5.56 Å². The van der Waals surface area contributed by atoms with Crippen LogP contribution in [0, 0.1) is 6.92 Å². The summed E-state index contributed by atoms with van der Waals surface area (Å²) in [4.78, 5) is 18.5. The van der Waals surface area contributed by atoms with E-state index in [9.17, 15) is 4.79 Å². The number of nitrogens with one attached hydrogen (secondary N) is 1. The maximum atomic E-state index is 12.3. The van der Waals surface area contributed by atoms with Crippen LogP contribution in [0.15, 0.2) is 40.9 Å². The first kappa shape index (κ1) is 17.3. The van der Waals surface area contributed by atoms with Crippen LogP contribution in [0.1, 0.15) is 29.5 Å². The van der Waals surface area contributed by atoms with Crippen LogP contribution in [0.25, 0.3) is 11.6 Å². The molecule has 1 N–H and O–H groups in total. The zero-order chi connectivity index (χ0) is 18.8. The van der Waals surface area contributed by atoms with Gasteiger partial charge >= 0.3 is 6.03 Å². The molecule has 0 fully saturated rings. The Balaban J connectivity index is 1.72. The first-order valence-electron chi connectivity index (χ1n) is 9.23. The van der Waals surface area contributed by atoms with E-state index in [1.54, 1.807) is 6.20 Å². The lowest BCUT2D eigenvalue weighted by Crippen LogP contribution is -2.42. The summed E-state index contributed by atoms with van der Waals surface area (Å²) in [6.45, 7) is 6.26. The van der Waals surface area contributed by atoms with Gasteiger partial charge in [0.05, 0.1) is 19.3 Å². The number of oxazole rings is 1. The van der Waals surface area contributed by atoms with E-state index in [-0.39, 0.29) is 6.03 Å². The average Bonchev–Trinajstić information content (AvgIpc) is 3.26. The van der Waals surface area contributed by atoms with Crippen molar-refractivity contribution >= 4 is 6.03 Å². The molecule has 0 unspecified atom stereocenters. The number of amides is 2. The molecule has 1 aromatic carbocycles. The molecule has 1 aliphatic heterocycles. The van der Waals surface area contributed by atoms with Gasteiger partial charge in [-0.2, -0.15) is 5.10 Å². The summed E-state index contributed by atoms with van der Waals surface area (Å²) in [6.07, 6.45) is 2.45. The predicted octanol–water partition coefficient (Wildman–Crippen LogP) is 2.98. The smallest absolute Gasteiger partial charge is 0.317 e. The Labute approximate surface area is 158 Å². The maximum Gasteiger partial charge on any atom is 0.317 e. The number of aryl methyl sites for hydroxylation is 1. The SMILES string of the molecule is CCNC(=O)N1CCc2c(c(-c3ncc(C)o3)nn2Cc2ccccc2)C1. The second-order valence-corrected chi connectivity index (χ2v) is 6.70. The fourth-order valence-electron chi connectivity index (χ4n) is 3.45. The predicted molar refractivity (Wildman–Crippen MR) is 101 cm³/mol. The van der Waals surface area contributed by atoms with Gasteiger partial charge < -0.3 is 14.6 Å². The number of hydrogen-bond donors (Lipinski definition) is 1. The van der Waals surface area contributed by atoms with Crippen LogP contribution in [0.2, 0.25) is 0 Å². The summed E-state index contributed by atoms with van der Waals surface area (Å²) in [5, 5.41) is 7.69. The second kappa shape index (κ2) is 7.26. The van der Waals surface area contributed by atoms with E-state index in [4.69, 9.17) is 9.52 Å². The molecule has 2 aromatic heterocycles. The maximum absolute atomic E-state index is 12.3. The van der Waals surface area contributed by atoms with E-state index >= 15 is 0 Å². The molecule has 0 saturated carbocycles. The van der Waals surface area contributed by atoms with Gasteiger partial charge in [0.25, 0.3) is 0 Å². The van der Waals surface area contributed by atoms with Crippen LogP contribution in [0.5, 0.6) is 0 Å². The normalized spacial score (nSPS) is 13.5. The molecule has 7 nitrogen and oxygen atoms in total. The second-order valence-electron chi connectivity index (χ2n) is 6.70. The van der Waals surface area contributed by atoms with Gasteiger partial charge in [0.15, 0.2) is 5.69 Å². The minimum Gasteiger partial charge on any atom is -0.440 e. The number of carbonyl (C=O) groups is 1. The van der Waals surface area contributed by atoms with Crippen molar-refractivity contribution in [1.29, 1.82) is 0 Å². The minimum atomic E-state index is -0.0477. The molecule has 4 rings (SSSR count). The van der Waals surface area contributed by atoms with E-state index in [2.05, 4.69) is 22.4 Å². The minimum absolute atomic E-state index is 0.0477. The van der Waals surface area contributed by atoms with Gasteiger partial charge in [0, 0.05) is 30.8 Å². The number of aromatic nitrogens is 3. The Morgan fingerprint density at radius 2 is 2.11 bits per heavy atom. The molecule has 7 heteroatoms. The molecule has 2 amide bonds. The number of urea groups is 1. The van der Waals surface area contributed by atoms with Gasteiger partial charge in [-0.15, -0.1) is 0 Å². The highest BCUT2D eigenvalue weighted by molar-refractivity contribution is 5.75. The molecule has 3 aromatic rings. The first-order valence-corrected chi connectivity index (χ1v) is 9.23. The lowest BCUT2D eigenvalue weighted by atomic mass is 10.0. The third-order valence-electron chi connectivity index (χ3n) is 4.75. The van der Waals surface area contributed by atoms with Crippen molar-refractivity contribution in [2.75, 3.05) is 13.1 Å². The Morgan fingerprint density at radius 3 is 2.81 bits per heavy atom. The summed E-state index contributed by atoms with van der Waals surface area (Å²) in [7, 11) is 0. The van der Waals surface area contributed by atoms with Gasteiger partial charge in [-0.1, -0.05) is 30.3 Å². The number of hydrogen-bond acceptors (Lipinski definition) is 4. The first-order chi connectivity index (χ1) is 13.2. The number of benzene rings is 1. The summed E-state index contributed by atoms with van der Waals surface area (Å²) < 4.78 is 7.76. The number of rotatable bonds is 4. The van der Waals surface area contributed by atoms with Gasteiger partial charge in [-0.05, 0) is 19.4 Å². The molecule has 0 bridgehead atoms. The van der Waals surface area contributed by atoms with Crippen LogP contribution in [-0.2, 0) is 19.5 Å². The van der Waals surface area contributed by atoms with E-state index < -0.39 is 0 Å². The zero-order valence-corrected chi connectivity index (χ0v) is 15.6. The lowest BCUT2D eigenvalue weighted by Gasteiger charge is -2.27. The highest BCUT2D eigenvalue weighted by Crippen LogP contribution is 2.30. The number of carbonyl (C=O) groups excluding carboxylic acids is 1. The third-order valence-corrected chi connectivity index (χ3v) is 4.75. The molecule has 27 heavy (non-hydrogen) atoms. The summed E-state index contributed by atoms with van der Waals surface area (Å²) in [6, 6.07) is 10.2. The largest absolute Gasteiger partial charge is 0.440 e. The van der Waals surface area contributed by atoms with Crippen LogP contribution in [0.4, 0.5) is 4.79 Å². The molecule has 0 saturated heterocycles. The standard InChI is InChI=1S/C20H23N5O2/c1-3-21-20(26)24-10-9-17-16(13-24)18(19-22-11-14(2)27-19)23-25(17)12-15-7-5-4-6-8-15/h4-8,11H,3,9-10,12-13H2,1-2H3,(H,21,26). The summed E-state index contributed by atoms with van der Waals surface area (Å²) >= 11 is 0. The Kier molecular flexibility index (Phi) is 4.66. The van der Waals surface area contributed by atoms with Crippen molar-refractivity contribution in [1.82, 2.24) is 25.0 Å². The van der Waals surface area contributed by atoms with Gasteiger partial charge in [0.2, 0.25) is 5.89 Å². The molecule has 1 aliphatic rings. The monoisotopic (exact) mass is 365 g/mol. The van der Waals surface area contributed by atoms with Crippen molar-refractivity contribution in [2.45, 2.75) is 33.4 Å². The van der Waals surface area contributed by atoms with Crippen molar-refractivity contribution < 1.29 is 9.21 Å². The van der Waals surface area contributed by atoms with Crippen LogP contribution in [-0.4, -0.2) is 38.8 Å². The molecular weight excluding hydrogens is 342 g/mol. The number of fused-ring (bicyclic) bond motifs is 1.